The van der Waals surface area contributed by atoms with E-state index in [1.165, 1.54) is 23.8 Å². The van der Waals surface area contributed by atoms with E-state index in [0.717, 1.165) is 31.6 Å². The van der Waals surface area contributed by atoms with E-state index in [1.807, 2.05) is 19.2 Å². The Morgan fingerprint density at radius 3 is 3.04 bits per heavy atom. The van der Waals surface area contributed by atoms with Crippen LogP contribution in [0.25, 0.3) is 0 Å². The van der Waals surface area contributed by atoms with Crippen LogP contribution in [0, 0.1) is 18.8 Å². The minimum atomic E-state index is -0.477. The third kappa shape index (κ3) is 4.36. The van der Waals surface area contributed by atoms with Gasteiger partial charge in [0.25, 0.3) is 0 Å². The fourth-order valence-electron chi connectivity index (χ4n) is 3.01. The van der Waals surface area contributed by atoms with Crippen LogP contribution in [0.15, 0.2) is 18.3 Å². The molecule has 3 rings (SSSR count). The SMILES string of the molecule is CC(=O)Nc1nc(F)c(CN2CC[C@H](Cc3ccc(C)nc3)C2)s1. The lowest BCUT2D eigenvalue weighted by atomic mass is 10.00. The van der Waals surface area contributed by atoms with E-state index in [1.54, 1.807) is 0 Å². The summed E-state index contributed by atoms with van der Waals surface area (Å²) in [5.74, 6) is -0.140. The van der Waals surface area contributed by atoms with E-state index < -0.39 is 5.95 Å². The maximum atomic E-state index is 13.9. The standard InChI is InChI=1S/C17H21FN4OS/c1-11-3-4-13(8-19-11)7-14-5-6-22(9-14)10-15-16(18)21-17(24-15)20-12(2)23/h3-4,8,14H,5-7,9-10H2,1-2H3,(H,20,21,23)/t14-/m1/s1. The van der Waals surface area contributed by atoms with Crippen molar-refractivity contribution in [3.63, 3.8) is 0 Å². The zero-order valence-electron chi connectivity index (χ0n) is 13.9. The molecule has 2 aromatic rings. The highest BCUT2D eigenvalue weighted by Crippen LogP contribution is 2.27. The molecule has 1 saturated heterocycles. The summed E-state index contributed by atoms with van der Waals surface area (Å²) in [4.78, 5) is 22.0. The number of hydrogen-bond donors (Lipinski definition) is 1. The van der Waals surface area contributed by atoms with Crippen LogP contribution in [-0.4, -0.2) is 33.9 Å². The molecule has 0 saturated carbocycles. The molecule has 0 bridgehead atoms. The topological polar surface area (TPSA) is 58.1 Å². The van der Waals surface area contributed by atoms with E-state index in [0.29, 0.717) is 22.5 Å². The lowest BCUT2D eigenvalue weighted by Crippen LogP contribution is -2.20. The number of aromatic nitrogens is 2. The van der Waals surface area contributed by atoms with Crippen LogP contribution in [0.2, 0.25) is 0 Å². The second-order valence-corrected chi connectivity index (χ2v) is 7.40. The minimum Gasteiger partial charge on any atom is -0.302 e. The molecule has 0 spiro atoms. The van der Waals surface area contributed by atoms with Gasteiger partial charge in [-0.05, 0) is 43.9 Å². The van der Waals surface area contributed by atoms with Gasteiger partial charge in [-0.25, -0.2) is 0 Å². The summed E-state index contributed by atoms with van der Waals surface area (Å²) in [6, 6.07) is 4.17. The predicted octanol–water partition coefficient (Wildman–Crippen LogP) is 3.01. The minimum absolute atomic E-state index is 0.233. The number of halogens is 1. The molecule has 7 heteroatoms. The Kier molecular flexibility index (Phi) is 5.20. The molecule has 128 valence electrons. The van der Waals surface area contributed by atoms with Gasteiger partial charge in [-0.15, -0.1) is 0 Å². The third-order valence-electron chi connectivity index (χ3n) is 4.17. The summed E-state index contributed by atoms with van der Waals surface area (Å²) >= 11 is 1.21. The van der Waals surface area contributed by atoms with Crippen LogP contribution < -0.4 is 5.32 Å². The highest BCUT2D eigenvalue weighted by molar-refractivity contribution is 7.15. The Balaban J connectivity index is 1.55. The van der Waals surface area contributed by atoms with Crippen LogP contribution in [0.5, 0.6) is 0 Å². The van der Waals surface area contributed by atoms with Crippen molar-refractivity contribution in [2.75, 3.05) is 18.4 Å². The predicted molar refractivity (Wildman–Crippen MR) is 92.4 cm³/mol. The molecule has 0 radical (unpaired) electrons. The zero-order chi connectivity index (χ0) is 17.1. The van der Waals surface area contributed by atoms with Crippen molar-refractivity contribution in [3.05, 3.63) is 40.4 Å². The number of nitrogens with one attached hydrogen (secondary N) is 1. The van der Waals surface area contributed by atoms with Crippen molar-refractivity contribution < 1.29 is 9.18 Å². The van der Waals surface area contributed by atoms with E-state index >= 15 is 0 Å². The maximum absolute atomic E-state index is 13.9. The molecule has 0 unspecified atom stereocenters. The molecule has 1 amide bonds. The Hall–Kier alpha value is -1.86. The number of likely N-dealkylation sites (tertiary alicyclic amines) is 1. The molecule has 1 N–H and O–H groups in total. The molecular weight excluding hydrogens is 327 g/mol. The van der Waals surface area contributed by atoms with Crippen LogP contribution >= 0.6 is 11.3 Å². The summed E-state index contributed by atoms with van der Waals surface area (Å²) in [5.41, 5.74) is 2.28. The summed E-state index contributed by atoms with van der Waals surface area (Å²) in [6.45, 7) is 5.83. The first kappa shape index (κ1) is 17.0. The number of amides is 1. The number of nitrogens with zero attached hydrogens (tertiary/aromatic N) is 3. The maximum Gasteiger partial charge on any atom is 0.230 e. The lowest BCUT2D eigenvalue weighted by molar-refractivity contribution is -0.114. The van der Waals surface area contributed by atoms with E-state index in [9.17, 15) is 9.18 Å². The third-order valence-corrected chi connectivity index (χ3v) is 5.10. The van der Waals surface area contributed by atoms with E-state index in [4.69, 9.17) is 0 Å². The number of thiazole rings is 1. The molecule has 0 aromatic carbocycles. The number of carbonyl (C=O) groups excluding carboxylic acids is 1. The number of anilines is 1. The fourth-order valence-corrected chi connectivity index (χ4v) is 3.94. The Labute approximate surface area is 144 Å². The summed E-state index contributed by atoms with van der Waals surface area (Å²) in [6.07, 6.45) is 4.06. The normalized spacial score (nSPS) is 18.0. The largest absolute Gasteiger partial charge is 0.302 e. The number of carbonyl (C=O) groups is 1. The average Bonchev–Trinajstić information content (AvgIpc) is 3.08. The van der Waals surface area contributed by atoms with Crippen LogP contribution in [0.3, 0.4) is 0 Å². The molecule has 24 heavy (non-hydrogen) atoms. The van der Waals surface area contributed by atoms with Gasteiger partial charge in [-0.3, -0.25) is 14.7 Å². The summed E-state index contributed by atoms with van der Waals surface area (Å²) in [5, 5.41) is 2.87. The smallest absolute Gasteiger partial charge is 0.230 e. The quantitative estimate of drug-likeness (QED) is 0.902. The van der Waals surface area contributed by atoms with Crippen molar-refractivity contribution in [2.45, 2.75) is 33.2 Å². The van der Waals surface area contributed by atoms with Gasteiger partial charge in [0.15, 0.2) is 5.13 Å². The Bertz CT molecular complexity index is 716. The highest BCUT2D eigenvalue weighted by Gasteiger charge is 2.24. The molecule has 3 heterocycles. The van der Waals surface area contributed by atoms with Gasteiger partial charge < -0.3 is 5.32 Å². The number of aryl methyl sites for hydroxylation is 1. The van der Waals surface area contributed by atoms with Crippen molar-refractivity contribution in [3.8, 4) is 0 Å². The molecule has 1 atom stereocenters. The van der Waals surface area contributed by atoms with Gasteiger partial charge in [-0.2, -0.15) is 9.37 Å². The van der Waals surface area contributed by atoms with Crippen molar-refractivity contribution in [1.29, 1.82) is 0 Å². The van der Waals surface area contributed by atoms with Gasteiger partial charge in [0, 0.05) is 31.9 Å². The second-order valence-electron chi connectivity index (χ2n) is 6.32. The average molecular weight is 348 g/mol. The Morgan fingerprint density at radius 2 is 2.33 bits per heavy atom. The van der Waals surface area contributed by atoms with Gasteiger partial charge in [0.05, 0.1) is 4.88 Å². The monoisotopic (exact) mass is 348 g/mol. The van der Waals surface area contributed by atoms with Crippen molar-refractivity contribution >= 4 is 22.4 Å². The van der Waals surface area contributed by atoms with Gasteiger partial charge in [0.2, 0.25) is 11.9 Å². The molecule has 1 fully saturated rings. The second kappa shape index (κ2) is 7.36. The molecule has 1 aliphatic rings. The molecule has 0 aliphatic carbocycles. The van der Waals surface area contributed by atoms with Gasteiger partial charge in [0.1, 0.15) is 0 Å². The molecule has 1 aliphatic heterocycles. The lowest BCUT2D eigenvalue weighted by Gasteiger charge is -2.14. The number of pyridine rings is 1. The van der Waals surface area contributed by atoms with E-state index in [2.05, 4.69) is 26.3 Å². The summed E-state index contributed by atoms with van der Waals surface area (Å²) < 4.78 is 13.9. The summed E-state index contributed by atoms with van der Waals surface area (Å²) in [7, 11) is 0. The van der Waals surface area contributed by atoms with Crippen molar-refractivity contribution in [1.82, 2.24) is 14.9 Å². The first-order chi connectivity index (χ1) is 11.5. The van der Waals surface area contributed by atoms with Crippen LogP contribution in [0.4, 0.5) is 9.52 Å². The zero-order valence-corrected chi connectivity index (χ0v) is 14.7. The van der Waals surface area contributed by atoms with Crippen LogP contribution in [0.1, 0.15) is 29.5 Å². The molecular formula is C17H21FN4OS. The fraction of sp³-hybridized carbons (Fsp3) is 0.471. The number of rotatable bonds is 5. The highest BCUT2D eigenvalue weighted by atomic mass is 32.1. The Morgan fingerprint density at radius 1 is 1.50 bits per heavy atom. The van der Waals surface area contributed by atoms with Crippen LogP contribution in [-0.2, 0) is 17.8 Å². The molecule has 2 aromatic heterocycles. The van der Waals surface area contributed by atoms with Gasteiger partial charge in [-0.1, -0.05) is 17.4 Å². The van der Waals surface area contributed by atoms with Crippen molar-refractivity contribution in [2.24, 2.45) is 5.92 Å². The first-order valence-corrected chi connectivity index (χ1v) is 8.88. The van der Waals surface area contributed by atoms with E-state index in [-0.39, 0.29) is 5.91 Å². The van der Waals surface area contributed by atoms with Gasteiger partial charge >= 0.3 is 0 Å². The number of hydrogen-bond acceptors (Lipinski definition) is 5. The molecule has 5 nitrogen and oxygen atoms in total. The first-order valence-electron chi connectivity index (χ1n) is 8.06.